The second-order valence-electron chi connectivity index (χ2n) is 7.34. The highest BCUT2D eigenvalue weighted by molar-refractivity contribution is 5.97. The Morgan fingerprint density at radius 1 is 0.970 bits per heavy atom. The molecule has 0 fully saturated rings. The van der Waals surface area contributed by atoms with Gasteiger partial charge in [0.05, 0.1) is 18.2 Å². The van der Waals surface area contributed by atoms with Crippen molar-refractivity contribution in [2.75, 3.05) is 7.11 Å². The molecule has 0 atom stereocenters. The topological polar surface area (TPSA) is 60.3 Å². The van der Waals surface area contributed by atoms with E-state index in [2.05, 4.69) is 5.32 Å². The molecule has 1 amide bonds. The minimum absolute atomic E-state index is 0.0239. The van der Waals surface area contributed by atoms with Gasteiger partial charge in [0.25, 0.3) is 11.5 Å². The predicted molar refractivity (Wildman–Crippen MR) is 119 cm³/mol. The van der Waals surface area contributed by atoms with Gasteiger partial charge in [0.2, 0.25) is 0 Å². The Morgan fingerprint density at radius 2 is 1.70 bits per heavy atom. The second-order valence-corrected chi connectivity index (χ2v) is 7.34. The second kappa shape index (κ2) is 8.82. The molecule has 33 heavy (non-hydrogen) atoms. The zero-order valence-electron chi connectivity index (χ0n) is 17.5. The van der Waals surface area contributed by atoms with E-state index in [9.17, 15) is 22.8 Å². The first-order valence-electron chi connectivity index (χ1n) is 10.0. The molecule has 1 N–H and O–H groups in total. The van der Waals surface area contributed by atoms with E-state index in [1.54, 1.807) is 55.6 Å². The van der Waals surface area contributed by atoms with E-state index in [1.807, 2.05) is 0 Å². The largest absolute Gasteiger partial charge is 0.497 e. The predicted octanol–water partition coefficient (Wildman–Crippen LogP) is 4.95. The number of hydrogen-bond acceptors (Lipinski definition) is 3. The number of rotatable bonds is 5. The third-order valence-electron chi connectivity index (χ3n) is 5.20. The maximum absolute atomic E-state index is 13.3. The number of carbonyl (C=O) groups is 1. The van der Waals surface area contributed by atoms with Crippen molar-refractivity contribution < 1.29 is 22.7 Å². The SMILES string of the molecule is COc1ccc(CNC(=O)c2cc3ccccc3n(-c3cccc(C(F)(F)F)c3)c2=O)cc1. The number of pyridine rings is 1. The van der Waals surface area contributed by atoms with Gasteiger partial charge in [0, 0.05) is 12.2 Å². The Bertz CT molecular complexity index is 1380. The summed E-state index contributed by atoms with van der Waals surface area (Å²) in [6.07, 6.45) is -4.57. The maximum atomic E-state index is 13.3. The molecule has 1 heterocycles. The van der Waals surface area contributed by atoms with Crippen molar-refractivity contribution in [3.05, 3.63) is 106 Å². The van der Waals surface area contributed by atoms with Crippen molar-refractivity contribution in [3.8, 4) is 11.4 Å². The summed E-state index contributed by atoms with van der Waals surface area (Å²) in [5, 5.41) is 3.24. The van der Waals surface area contributed by atoms with Crippen LogP contribution in [0.2, 0.25) is 0 Å². The van der Waals surface area contributed by atoms with Gasteiger partial charge in [-0.15, -0.1) is 0 Å². The number of nitrogens with zero attached hydrogens (tertiary/aromatic N) is 1. The molecule has 0 aliphatic heterocycles. The standard InChI is InChI=1S/C25H19F3N2O3/c1-33-20-11-9-16(10-12-20)15-29-23(31)21-13-17-5-2-3-8-22(17)30(24(21)32)19-7-4-6-18(14-19)25(26,27)28/h2-14H,15H2,1H3,(H,29,31). The molecule has 0 unspecified atom stereocenters. The first kappa shape index (κ1) is 22.1. The monoisotopic (exact) mass is 452 g/mol. The normalized spacial score (nSPS) is 11.4. The Morgan fingerprint density at radius 3 is 2.39 bits per heavy atom. The Labute approximate surface area is 187 Å². The first-order chi connectivity index (χ1) is 15.8. The maximum Gasteiger partial charge on any atom is 0.416 e. The molecule has 4 aromatic rings. The van der Waals surface area contributed by atoms with Gasteiger partial charge in [-0.3, -0.25) is 14.2 Å². The Kier molecular flexibility index (Phi) is 5.91. The number of ether oxygens (including phenoxy) is 1. The molecule has 1 aromatic heterocycles. The van der Waals surface area contributed by atoms with Crippen LogP contribution in [0.15, 0.2) is 83.7 Å². The lowest BCUT2D eigenvalue weighted by Crippen LogP contribution is -2.32. The molecule has 8 heteroatoms. The Hall–Kier alpha value is -4.07. The van der Waals surface area contributed by atoms with Gasteiger partial charge in [0.15, 0.2) is 0 Å². The van der Waals surface area contributed by atoms with Crippen LogP contribution in [0.3, 0.4) is 0 Å². The fourth-order valence-corrected chi connectivity index (χ4v) is 3.52. The number of benzene rings is 3. The lowest BCUT2D eigenvalue weighted by molar-refractivity contribution is -0.137. The van der Waals surface area contributed by atoms with E-state index in [-0.39, 0.29) is 17.8 Å². The summed E-state index contributed by atoms with van der Waals surface area (Å²) in [5.41, 5.74) is -0.544. The van der Waals surface area contributed by atoms with Crippen LogP contribution >= 0.6 is 0 Å². The van der Waals surface area contributed by atoms with Crippen LogP contribution in [0.4, 0.5) is 13.2 Å². The average molecular weight is 452 g/mol. The van der Waals surface area contributed by atoms with E-state index in [0.29, 0.717) is 16.7 Å². The first-order valence-corrected chi connectivity index (χ1v) is 10.0. The van der Waals surface area contributed by atoms with Crippen molar-refractivity contribution in [1.82, 2.24) is 9.88 Å². The highest BCUT2D eigenvalue weighted by Gasteiger charge is 2.30. The van der Waals surface area contributed by atoms with Crippen LogP contribution in [0.5, 0.6) is 5.75 Å². The number of para-hydroxylation sites is 1. The summed E-state index contributed by atoms with van der Waals surface area (Å²) >= 11 is 0. The van der Waals surface area contributed by atoms with Crippen molar-refractivity contribution in [2.45, 2.75) is 12.7 Å². The van der Waals surface area contributed by atoms with Gasteiger partial charge in [-0.25, -0.2) is 0 Å². The van der Waals surface area contributed by atoms with Crippen molar-refractivity contribution in [1.29, 1.82) is 0 Å². The Balaban J connectivity index is 1.75. The molecule has 0 spiro atoms. The summed E-state index contributed by atoms with van der Waals surface area (Å²) < 4.78 is 46.0. The van der Waals surface area contributed by atoms with Crippen molar-refractivity contribution in [3.63, 3.8) is 0 Å². The quantitative estimate of drug-likeness (QED) is 0.466. The van der Waals surface area contributed by atoms with E-state index >= 15 is 0 Å². The lowest BCUT2D eigenvalue weighted by atomic mass is 10.1. The zero-order valence-corrected chi connectivity index (χ0v) is 17.5. The molecular weight excluding hydrogens is 433 g/mol. The van der Waals surface area contributed by atoms with Gasteiger partial charge in [-0.05, 0) is 53.4 Å². The van der Waals surface area contributed by atoms with Crippen LogP contribution in [0.1, 0.15) is 21.5 Å². The molecule has 3 aromatic carbocycles. The van der Waals surface area contributed by atoms with Crippen LogP contribution in [-0.2, 0) is 12.7 Å². The molecule has 4 rings (SSSR count). The summed E-state index contributed by atoms with van der Waals surface area (Å²) in [7, 11) is 1.55. The molecule has 0 aliphatic rings. The number of halogens is 3. The third kappa shape index (κ3) is 4.59. The fourth-order valence-electron chi connectivity index (χ4n) is 3.52. The number of nitrogens with one attached hydrogen (secondary N) is 1. The molecule has 0 radical (unpaired) electrons. The summed E-state index contributed by atoms with van der Waals surface area (Å²) in [6.45, 7) is 0.165. The number of carbonyl (C=O) groups excluding carboxylic acids is 1. The van der Waals surface area contributed by atoms with E-state index in [4.69, 9.17) is 4.74 Å². The molecule has 5 nitrogen and oxygen atoms in total. The highest BCUT2D eigenvalue weighted by atomic mass is 19.4. The minimum atomic E-state index is -4.57. The van der Waals surface area contributed by atoms with Crippen LogP contribution in [0, 0.1) is 0 Å². The number of methoxy groups -OCH3 is 1. The molecular formula is C25H19F3N2O3. The van der Waals surface area contributed by atoms with Gasteiger partial charge >= 0.3 is 6.18 Å². The summed E-state index contributed by atoms with van der Waals surface area (Å²) in [5.74, 6) is 0.0471. The third-order valence-corrected chi connectivity index (χ3v) is 5.20. The smallest absolute Gasteiger partial charge is 0.416 e. The van der Waals surface area contributed by atoms with Crippen LogP contribution in [0.25, 0.3) is 16.6 Å². The fraction of sp³-hybridized carbons (Fsp3) is 0.120. The van der Waals surface area contributed by atoms with Crippen LogP contribution < -0.4 is 15.6 Å². The molecule has 0 saturated carbocycles. The molecule has 0 aliphatic carbocycles. The molecule has 0 saturated heterocycles. The number of hydrogen-bond donors (Lipinski definition) is 1. The van der Waals surface area contributed by atoms with Gasteiger partial charge in [0.1, 0.15) is 11.3 Å². The lowest BCUT2D eigenvalue weighted by Gasteiger charge is -2.15. The van der Waals surface area contributed by atoms with Gasteiger partial charge in [-0.1, -0.05) is 36.4 Å². The number of amides is 1. The number of aromatic nitrogens is 1. The summed E-state index contributed by atoms with van der Waals surface area (Å²) in [4.78, 5) is 26.2. The van der Waals surface area contributed by atoms with Crippen LogP contribution in [-0.4, -0.2) is 17.6 Å². The average Bonchev–Trinajstić information content (AvgIpc) is 2.82. The van der Waals surface area contributed by atoms with E-state index in [0.717, 1.165) is 22.3 Å². The molecule has 168 valence electrons. The van der Waals surface area contributed by atoms with E-state index < -0.39 is 23.2 Å². The summed E-state index contributed by atoms with van der Waals surface area (Å²) in [6, 6.07) is 19.7. The minimum Gasteiger partial charge on any atom is -0.497 e. The van der Waals surface area contributed by atoms with Crippen molar-refractivity contribution >= 4 is 16.8 Å². The zero-order chi connectivity index (χ0) is 23.6. The van der Waals surface area contributed by atoms with Crippen molar-refractivity contribution in [2.24, 2.45) is 0 Å². The van der Waals surface area contributed by atoms with Gasteiger partial charge in [-0.2, -0.15) is 13.2 Å². The highest BCUT2D eigenvalue weighted by Crippen LogP contribution is 2.30. The number of fused-ring (bicyclic) bond motifs is 1. The van der Waals surface area contributed by atoms with Gasteiger partial charge < -0.3 is 10.1 Å². The van der Waals surface area contributed by atoms with E-state index in [1.165, 1.54) is 18.2 Å². The molecule has 0 bridgehead atoms. The number of alkyl halides is 3.